The molecule has 2 heterocycles. The van der Waals surface area contributed by atoms with E-state index in [2.05, 4.69) is 15.5 Å². The maximum atomic E-state index is 12.5. The lowest BCUT2D eigenvalue weighted by Crippen LogP contribution is -2.65. The first-order valence-electron chi connectivity index (χ1n) is 9.40. The summed E-state index contributed by atoms with van der Waals surface area (Å²) in [6.07, 6.45) is -1.67. The van der Waals surface area contributed by atoms with Crippen molar-refractivity contribution >= 4 is 11.7 Å². The first kappa shape index (κ1) is 20.8. The number of carbonyl (C=O) groups is 1. The van der Waals surface area contributed by atoms with Gasteiger partial charge in [-0.25, -0.2) is 4.79 Å². The van der Waals surface area contributed by atoms with Crippen LogP contribution in [0.3, 0.4) is 0 Å². The maximum Gasteiger partial charge on any atom is 0.319 e. The highest BCUT2D eigenvalue weighted by molar-refractivity contribution is 5.89. The van der Waals surface area contributed by atoms with Gasteiger partial charge < -0.3 is 34.9 Å². The van der Waals surface area contributed by atoms with E-state index in [1.165, 1.54) is 0 Å². The van der Waals surface area contributed by atoms with Crippen molar-refractivity contribution in [3.8, 4) is 5.75 Å². The fourth-order valence-corrected chi connectivity index (χ4v) is 3.55. The molecular formula is C19H30N4O5. The molecule has 2 saturated heterocycles. The number of amides is 2. The average Bonchev–Trinajstić information content (AvgIpc) is 3.09. The van der Waals surface area contributed by atoms with Gasteiger partial charge in [0.05, 0.1) is 31.9 Å². The molecule has 3 rings (SSSR count). The van der Waals surface area contributed by atoms with E-state index < -0.39 is 24.5 Å². The standard InChI is InChI=1S/C19H30N4O5/c1-22(2)9-10-23(3)16-17(24)15(14-11-27-18(16)28-14)21-19(25)20-12-5-7-13(26-4)8-6-12/h5-8,14-18,24H,9-11H2,1-4H3,(H2,20,21,25)/t14-,15+,16-,17-,18+/m0/s1. The van der Waals surface area contributed by atoms with Gasteiger partial charge in [-0.2, -0.15) is 0 Å². The third-order valence-electron chi connectivity index (χ3n) is 5.19. The molecule has 0 aliphatic carbocycles. The van der Waals surface area contributed by atoms with Crippen LogP contribution in [0.4, 0.5) is 10.5 Å². The number of hydrogen-bond acceptors (Lipinski definition) is 7. The molecule has 9 nitrogen and oxygen atoms in total. The Morgan fingerprint density at radius 3 is 2.61 bits per heavy atom. The number of aliphatic hydroxyl groups is 1. The van der Waals surface area contributed by atoms with Gasteiger partial charge >= 0.3 is 6.03 Å². The molecule has 2 aliphatic heterocycles. The Hall–Kier alpha value is -1.91. The molecule has 2 bridgehead atoms. The lowest BCUT2D eigenvalue weighted by molar-refractivity contribution is -0.177. The lowest BCUT2D eigenvalue weighted by Gasteiger charge is -2.42. The lowest BCUT2D eigenvalue weighted by atomic mass is 9.95. The minimum Gasteiger partial charge on any atom is -0.497 e. The summed E-state index contributed by atoms with van der Waals surface area (Å²) in [5.41, 5.74) is 0.629. The number of benzene rings is 1. The van der Waals surface area contributed by atoms with Crippen LogP contribution in [0.2, 0.25) is 0 Å². The summed E-state index contributed by atoms with van der Waals surface area (Å²) in [7, 11) is 7.51. The van der Waals surface area contributed by atoms with Gasteiger partial charge in [-0.3, -0.25) is 4.90 Å². The third kappa shape index (κ3) is 4.73. The summed E-state index contributed by atoms with van der Waals surface area (Å²) in [4.78, 5) is 16.6. The Morgan fingerprint density at radius 1 is 1.25 bits per heavy atom. The van der Waals surface area contributed by atoms with E-state index in [-0.39, 0.29) is 12.1 Å². The van der Waals surface area contributed by atoms with Crippen molar-refractivity contribution < 1.29 is 24.1 Å². The van der Waals surface area contributed by atoms with E-state index in [9.17, 15) is 9.90 Å². The summed E-state index contributed by atoms with van der Waals surface area (Å²) in [5.74, 6) is 0.708. The molecule has 5 atom stereocenters. The number of likely N-dealkylation sites (N-methyl/N-ethyl adjacent to an activating group) is 2. The van der Waals surface area contributed by atoms with Gasteiger partial charge in [0.15, 0.2) is 6.29 Å². The molecule has 3 N–H and O–H groups in total. The number of hydrogen-bond donors (Lipinski definition) is 3. The van der Waals surface area contributed by atoms with Crippen molar-refractivity contribution in [1.29, 1.82) is 0 Å². The highest BCUT2D eigenvalue weighted by atomic mass is 16.7. The largest absolute Gasteiger partial charge is 0.497 e. The molecule has 0 radical (unpaired) electrons. The van der Waals surface area contributed by atoms with Crippen LogP contribution in [-0.2, 0) is 9.47 Å². The number of carbonyl (C=O) groups excluding carboxylic acids is 1. The number of fused-ring (bicyclic) bond motifs is 2. The topological polar surface area (TPSA) is 95.5 Å². The zero-order valence-corrected chi connectivity index (χ0v) is 16.8. The van der Waals surface area contributed by atoms with E-state index in [0.29, 0.717) is 18.0 Å². The minimum absolute atomic E-state index is 0.341. The van der Waals surface area contributed by atoms with Gasteiger partial charge in [0.2, 0.25) is 0 Å². The molecule has 1 aromatic carbocycles. The number of nitrogens with one attached hydrogen (secondary N) is 2. The summed E-state index contributed by atoms with van der Waals surface area (Å²) < 4.78 is 16.7. The van der Waals surface area contributed by atoms with Gasteiger partial charge in [-0.1, -0.05) is 0 Å². The second-order valence-electron chi connectivity index (χ2n) is 7.49. The van der Waals surface area contributed by atoms with Gasteiger partial charge in [0, 0.05) is 18.8 Å². The highest BCUT2D eigenvalue weighted by Gasteiger charge is 2.51. The van der Waals surface area contributed by atoms with Crippen LogP contribution < -0.4 is 15.4 Å². The van der Waals surface area contributed by atoms with Crippen molar-refractivity contribution in [2.75, 3.05) is 53.3 Å². The smallest absolute Gasteiger partial charge is 0.319 e. The Labute approximate surface area is 165 Å². The molecule has 9 heteroatoms. The first-order chi connectivity index (χ1) is 13.4. The number of nitrogens with zero attached hydrogens (tertiary/aromatic N) is 2. The molecule has 0 aromatic heterocycles. The van der Waals surface area contributed by atoms with Crippen LogP contribution in [0, 0.1) is 0 Å². The molecule has 2 aliphatic rings. The molecule has 2 fully saturated rings. The third-order valence-corrected chi connectivity index (χ3v) is 5.19. The zero-order chi connectivity index (χ0) is 20.3. The van der Waals surface area contributed by atoms with Crippen LogP contribution in [0.1, 0.15) is 0 Å². The molecular weight excluding hydrogens is 364 g/mol. The van der Waals surface area contributed by atoms with Crippen molar-refractivity contribution in [2.24, 2.45) is 0 Å². The predicted molar refractivity (Wildman–Crippen MR) is 105 cm³/mol. The number of methoxy groups -OCH3 is 1. The van der Waals surface area contributed by atoms with E-state index in [1.807, 2.05) is 26.0 Å². The minimum atomic E-state index is -0.806. The Kier molecular flexibility index (Phi) is 6.73. The number of anilines is 1. The van der Waals surface area contributed by atoms with E-state index >= 15 is 0 Å². The quantitative estimate of drug-likeness (QED) is 0.606. The Morgan fingerprint density at radius 2 is 1.96 bits per heavy atom. The Balaban J connectivity index is 1.62. The normalized spacial score (nSPS) is 29.2. The van der Waals surface area contributed by atoms with Crippen LogP contribution in [0.5, 0.6) is 5.75 Å². The zero-order valence-electron chi connectivity index (χ0n) is 16.8. The van der Waals surface area contributed by atoms with Crippen LogP contribution in [0.15, 0.2) is 24.3 Å². The fraction of sp³-hybridized carbons (Fsp3) is 0.632. The van der Waals surface area contributed by atoms with Gasteiger partial charge in [0.1, 0.15) is 11.9 Å². The molecule has 0 spiro atoms. The fourth-order valence-electron chi connectivity index (χ4n) is 3.55. The maximum absolute atomic E-state index is 12.5. The van der Waals surface area contributed by atoms with Crippen molar-refractivity contribution in [3.63, 3.8) is 0 Å². The summed E-state index contributed by atoms with van der Waals surface area (Å²) >= 11 is 0. The SMILES string of the molecule is COc1ccc(NC(=O)N[C@H]2[C@H](O)[C@H](N(C)CCN(C)C)[C@@H]3OC[C@@H]2O3)cc1. The predicted octanol–water partition coefficient (Wildman–Crippen LogP) is 0.163. The molecule has 0 unspecified atom stereocenters. The van der Waals surface area contributed by atoms with Crippen molar-refractivity contribution in [3.05, 3.63) is 24.3 Å². The monoisotopic (exact) mass is 394 g/mol. The van der Waals surface area contributed by atoms with Gasteiger partial charge in [-0.15, -0.1) is 0 Å². The van der Waals surface area contributed by atoms with Crippen molar-refractivity contribution in [2.45, 2.75) is 30.6 Å². The Bertz CT molecular complexity index is 656. The highest BCUT2D eigenvalue weighted by Crippen LogP contribution is 2.31. The van der Waals surface area contributed by atoms with Crippen LogP contribution in [-0.4, -0.2) is 99.5 Å². The molecule has 156 valence electrons. The molecule has 2 amide bonds. The molecule has 0 saturated carbocycles. The molecule has 28 heavy (non-hydrogen) atoms. The number of urea groups is 1. The second kappa shape index (κ2) is 9.06. The number of aliphatic hydroxyl groups excluding tert-OH is 1. The summed E-state index contributed by atoms with van der Waals surface area (Å²) in [6.45, 7) is 1.92. The van der Waals surface area contributed by atoms with Crippen LogP contribution >= 0.6 is 0 Å². The van der Waals surface area contributed by atoms with Crippen molar-refractivity contribution in [1.82, 2.24) is 15.1 Å². The van der Waals surface area contributed by atoms with E-state index in [0.717, 1.165) is 13.1 Å². The molecule has 1 aromatic rings. The first-order valence-corrected chi connectivity index (χ1v) is 9.40. The summed E-state index contributed by atoms with van der Waals surface area (Å²) in [5, 5.41) is 16.6. The van der Waals surface area contributed by atoms with E-state index in [1.54, 1.807) is 31.4 Å². The van der Waals surface area contributed by atoms with Crippen LogP contribution in [0.25, 0.3) is 0 Å². The summed E-state index contributed by atoms with van der Waals surface area (Å²) in [6, 6.07) is 5.70. The number of rotatable bonds is 7. The average molecular weight is 394 g/mol. The van der Waals surface area contributed by atoms with Gasteiger partial charge in [0.25, 0.3) is 0 Å². The van der Waals surface area contributed by atoms with E-state index in [4.69, 9.17) is 14.2 Å². The van der Waals surface area contributed by atoms with Gasteiger partial charge in [-0.05, 0) is 45.4 Å². The second-order valence-corrected chi connectivity index (χ2v) is 7.49. The number of ether oxygens (including phenoxy) is 3.